The van der Waals surface area contributed by atoms with Crippen molar-refractivity contribution in [3.63, 3.8) is 0 Å². The molecule has 0 aromatic heterocycles. The van der Waals surface area contributed by atoms with Crippen LogP contribution in [0.1, 0.15) is 6.92 Å². The van der Waals surface area contributed by atoms with E-state index in [9.17, 15) is 4.79 Å². The van der Waals surface area contributed by atoms with Crippen molar-refractivity contribution in [2.45, 2.75) is 17.1 Å². The molecule has 1 aromatic carbocycles. The average Bonchev–Trinajstić information content (AvgIpc) is 2.28. The number of hydrogen-bond acceptors (Lipinski definition) is 4. The van der Waals surface area contributed by atoms with Crippen LogP contribution in [0.5, 0.6) is 0 Å². The van der Waals surface area contributed by atoms with Crippen molar-refractivity contribution >= 4 is 40.6 Å². The van der Waals surface area contributed by atoms with E-state index < -0.39 is 5.25 Å². The first-order valence-electron chi connectivity index (χ1n) is 4.95. The summed E-state index contributed by atoms with van der Waals surface area (Å²) in [5.74, 6) is -0.278. The van der Waals surface area contributed by atoms with Crippen LogP contribution < -0.4 is 5.32 Å². The van der Waals surface area contributed by atoms with E-state index in [4.69, 9.17) is 17.0 Å². The first-order valence-corrected chi connectivity index (χ1v) is 6.24. The molecule has 1 N–H and O–H groups in total. The Labute approximate surface area is 104 Å². The molecule has 0 radical (unpaired) electrons. The lowest BCUT2D eigenvalue weighted by Crippen LogP contribution is -2.35. The average molecular weight is 253 g/mol. The number of thioether (sulfide) groups is 1. The van der Waals surface area contributed by atoms with Crippen LogP contribution >= 0.6 is 24.0 Å². The van der Waals surface area contributed by atoms with Crippen molar-refractivity contribution in [1.82, 2.24) is 0 Å². The number of fused-ring (bicyclic) bond motifs is 1. The summed E-state index contributed by atoms with van der Waals surface area (Å²) in [7, 11) is 0. The second-order valence-corrected chi connectivity index (χ2v) is 4.82. The van der Waals surface area contributed by atoms with E-state index in [1.54, 1.807) is 6.92 Å². The maximum Gasteiger partial charge on any atom is 0.326 e. The number of carbonyl (C=O) groups is 1. The number of rotatable bonds is 2. The number of anilines is 1. The van der Waals surface area contributed by atoms with Gasteiger partial charge in [-0.3, -0.25) is 4.79 Å². The van der Waals surface area contributed by atoms with Gasteiger partial charge in [-0.25, -0.2) is 0 Å². The molecule has 1 aliphatic rings. The third-order valence-electron chi connectivity index (χ3n) is 2.13. The molecule has 0 bridgehead atoms. The quantitative estimate of drug-likeness (QED) is 0.647. The predicted octanol–water partition coefficient (Wildman–Crippen LogP) is 2.46. The largest absolute Gasteiger partial charge is 0.465 e. The molecule has 0 saturated carbocycles. The fourth-order valence-electron chi connectivity index (χ4n) is 1.42. The molecule has 0 aliphatic carbocycles. The highest BCUT2D eigenvalue weighted by Crippen LogP contribution is 2.36. The van der Waals surface area contributed by atoms with Gasteiger partial charge in [0.15, 0.2) is 5.25 Å². The molecule has 0 saturated heterocycles. The molecule has 0 unspecified atom stereocenters. The Kier molecular flexibility index (Phi) is 3.46. The third kappa shape index (κ3) is 2.20. The third-order valence-corrected chi connectivity index (χ3v) is 3.89. The summed E-state index contributed by atoms with van der Waals surface area (Å²) in [6, 6.07) is 7.76. The zero-order valence-electron chi connectivity index (χ0n) is 8.73. The number of ether oxygens (including phenoxy) is 1. The standard InChI is InChI=1S/C11H11NO2S2/c1-2-14-11(13)9-10(15)12-7-5-3-4-6-8(7)16-9/h3-6,9H,2H2,1H3,(H,12,15)/t9-/m0/s1. The van der Waals surface area contributed by atoms with Gasteiger partial charge >= 0.3 is 5.97 Å². The van der Waals surface area contributed by atoms with Crippen molar-refractivity contribution in [3.8, 4) is 0 Å². The summed E-state index contributed by atoms with van der Waals surface area (Å²) in [6.45, 7) is 2.16. The number of para-hydroxylation sites is 1. The normalized spacial score (nSPS) is 18.6. The summed E-state index contributed by atoms with van der Waals surface area (Å²) in [5, 5.41) is 2.63. The number of hydrogen-bond donors (Lipinski definition) is 1. The van der Waals surface area contributed by atoms with E-state index in [1.807, 2.05) is 24.3 Å². The molecule has 1 aliphatic heterocycles. The van der Waals surface area contributed by atoms with E-state index in [0.29, 0.717) is 11.6 Å². The highest BCUT2D eigenvalue weighted by Gasteiger charge is 2.30. The molecule has 16 heavy (non-hydrogen) atoms. The van der Waals surface area contributed by atoms with Gasteiger partial charge in [-0.05, 0) is 19.1 Å². The highest BCUT2D eigenvalue weighted by molar-refractivity contribution is 8.03. The van der Waals surface area contributed by atoms with Crippen LogP contribution in [0.4, 0.5) is 5.69 Å². The highest BCUT2D eigenvalue weighted by atomic mass is 32.2. The lowest BCUT2D eigenvalue weighted by Gasteiger charge is -2.24. The number of benzene rings is 1. The number of carbonyl (C=O) groups excluding carboxylic acids is 1. The molecule has 1 heterocycles. The van der Waals surface area contributed by atoms with E-state index in [0.717, 1.165) is 10.6 Å². The van der Waals surface area contributed by atoms with Gasteiger partial charge in [0, 0.05) is 4.90 Å². The lowest BCUT2D eigenvalue weighted by atomic mass is 10.3. The molecule has 0 amide bonds. The van der Waals surface area contributed by atoms with Crippen molar-refractivity contribution in [3.05, 3.63) is 24.3 Å². The van der Waals surface area contributed by atoms with Crippen molar-refractivity contribution in [2.24, 2.45) is 0 Å². The molecule has 0 spiro atoms. The first-order chi connectivity index (χ1) is 7.72. The fourth-order valence-corrected chi connectivity index (χ4v) is 2.76. The zero-order chi connectivity index (χ0) is 11.5. The van der Waals surface area contributed by atoms with Crippen LogP contribution in [0.2, 0.25) is 0 Å². The van der Waals surface area contributed by atoms with Gasteiger partial charge in [0.25, 0.3) is 0 Å². The van der Waals surface area contributed by atoms with Crippen LogP contribution in [0, 0.1) is 0 Å². The Morgan fingerprint density at radius 1 is 1.56 bits per heavy atom. The van der Waals surface area contributed by atoms with Gasteiger partial charge < -0.3 is 10.1 Å². The topological polar surface area (TPSA) is 38.3 Å². The summed E-state index contributed by atoms with van der Waals surface area (Å²) < 4.78 is 4.98. The van der Waals surface area contributed by atoms with E-state index in [2.05, 4.69) is 5.32 Å². The molecular formula is C11H11NO2S2. The molecule has 84 valence electrons. The Hall–Kier alpha value is -1.07. The Balaban J connectivity index is 2.21. The molecule has 5 heteroatoms. The van der Waals surface area contributed by atoms with Crippen LogP contribution in [-0.4, -0.2) is 22.8 Å². The Morgan fingerprint density at radius 3 is 3.06 bits per heavy atom. The van der Waals surface area contributed by atoms with Gasteiger partial charge in [-0.2, -0.15) is 0 Å². The Morgan fingerprint density at radius 2 is 2.31 bits per heavy atom. The number of esters is 1. The summed E-state index contributed by atoms with van der Waals surface area (Å²) in [5.41, 5.74) is 0.957. The minimum Gasteiger partial charge on any atom is -0.465 e. The zero-order valence-corrected chi connectivity index (χ0v) is 10.4. The molecule has 0 fully saturated rings. The fraction of sp³-hybridized carbons (Fsp3) is 0.273. The number of thiocarbonyl (C=S) groups is 1. The van der Waals surface area contributed by atoms with Gasteiger partial charge in [0.1, 0.15) is 4.99 Å². The monoisotopic (exact) mass is 253 g/mol. The summed E-state index contributed by atoms with van der Waals surface area (Å²) >= 11 is 6.60. The van der Waals surface area contributed by atoms with Crippen molar-refractivity contribution in [1.29, 1.82) is 0 Å². The van der Waals surface area contributed by atoms with E-state index >= 15 is 0 Å². The molecule has 2 rings (SSSR count). The first kappa shape index (κ1) is 11.4. The predicted molar refractivity (Wildman–Crippen MR) is 68.9 cm³/mol. The second-order valence-electron chi connectivity index (χ2n) is 3.24. The summed E-state index contributed by atoms with van der Waals surface area (Å²) in [4.78, 5) is 13.2. The van der Waals surface area contributed by atoms with Crippen molar-refractivity contribution < 1.29 is 9.53 Å². The molecule has 1 atom stereocenters. The smallest absolute Gasteiger partial charge is 0.326 e. The molecule has 1 aromatic rings. The minimum absolute atomic E-state index is 0.278. The molecule has 3 nitrogen and oxygen atoms in total. The van der Waals surface area contributed by atoms with E-state index in [1.165, 1.54) is 11.8 Å². The Bertz CT molecular complexity index is 434. The number of nitrogens with one attached hydrogen (secondary N) is 1. The van der Waals surface area contributed by atoms with Crippen molar-refractivity contribution in [2.75, 3.05) is 11.9 Å². The lowest BCUT2D eigenvalue weighted by molar-refractivity contribution is -0.141. The van der Waals surface area contributed by atoms with Crippen LogP contribution in [-0.2, 0) is 9.53 Å². The second kappa shape index (κ2) is 4.84. The van der Waals surface area contributed by atoms with E-state index in [-0.39, 0.29) is 5.97 Å². The maximum absolute atomic E-state index is 11.6. The van der Waals surface area contributed by atoms with Gasteiger partial charge in [0.05, 0.1) is 12.3 Å². The van der Waals surface area contributed by atoms with Gasteiger partial charge in [-0.1, -0.05) is 24.4 Å². The van der Waals surface area contributed by atoms with Crippen LogP contribution in [0.15, 0.2) is 29.2 Å². The molecular weight excluding hydrogens is 242 g/mol. The summed E-state index contributed by atoms with van der Waals surface area (Å²) in [6.07, 6.45) is 0. The van der Waals surface area contributed by atoms with Gasteiger partial charge in [-0.15, -0.1) is 11.8 Å². The van der Waals surface area contributed by atoms with Gasteiger partial charge in [0.2, 0.25) is 0 Å². The SMILES string of the molecule is CCOC(=O)[C@H]1Sc2ccccc2NC1=S. The maximum atomic E-state index is 11.6. The van der Waals surface area contributed by atoms with Crippen LogP contribution in [0.25, 0.3) is 0 Å². The minimum atomic E-state index is -0.426. The van der Waals surface area contributed by atoms with Crippen LogP contribution in [0.3, 0.4) is 0 Å².